The van der Waals surface area contributed by atoms with Crippen molar-refractivity contribution >= 4 is 0 Å². The van der Waals surface area contributed by atoms with Crippen LogP contribution in [0.5, 0.6) is 0 Å². The number of halogens is 4. The van der Waals surface area contributed by atoms with Gasteiger partial charge in [0.1, 0.15) is 24.7 Å². The minimum Gasteiger partial charge on any atom is -0.412 e. The van der Waals surface area contributed by atoms with E-state index in [0.29, 0.717) is 0 Å². The van der Waals surface area contributed by atoms with E-state index in [9.17, 15) is 17.6 Å². The lowest BCUT2D eigenvalue weighted by Gasteiger charge is -2.36. The van der Waals surface area contributed by atoms with Crippen molar-refractivity contribution in [2.45, 2.75) is 38.5 Å². The minimum absolute atomic E-state index is 0. The van der Waals surface area contributed by atoms with Gasteiger partial charge in [-0.1, -0.05) is 13.8 Å². The summed E-state index contributed by atoms with van der Waals surface area (Å²) in [6.07, 6.45) is -7.49. The standard InChI is InChI=1S/C8H12F4.H2O/c1-3-5(9)7(11)4(2)8(12)6(3)10;/h3-8H,1-2H3;1H2. The van der Waals surface area contributed by atoms with Gasteiger partial charge in [-0.2, -0.15) is 0 Å². The molecule has 4 unspecified atom stereocenters. The third kappa shape index (κ3) is 1.95. The molecule has 1 saturated carbocycles. The zero-order valence-corrected chi connectivity index (χ0v) is 7.48. The Morgan fingerprint density at radius 3 is 0.923 bits per heavy atom. The van der Waals surface area contributed by atoms with E-state index in [0.717, 1.165) is 0 Å². The van der Waals surface area contributed by atoms with E-state index < -0.39 is 36.5 Å². The Balaban J connectivity index is 0.00000144. The SMILES string of the molecule is CC1C(F)C(F)C(C)C(F)C1F.O. The second-order valence-corrected chi connectivity index (χ2v) is 3.50. The molecule has 0 aromatic carbocycles. The van der Waals surface area contributed by atoms with Crippen molar-refractivity contribution < 1.29 is 23.0 Å². The molecule has 4 atom stereocenters. The topological polar surface area (TPSA) is 31.5 Å². The first-order valence-electron chi connectivity index (χ1n) is 4.03. The van der Waals surface area contributed by atoms with Crippen LogP contribution >= 0.6 is 0 Å². The largest absolute Gasteiger partial charge is 0.412 e. The molecule has 0 aromatic rings. The summed E-state index contributed by atoms with van der Waals surface area (Å²) in [4.78, 5) is 0. The predicted molar refractivity (Wildman–Crippen MR) is 41.5 cm³/mol. The van der Waals surface area contributed by atoms with Crippen LogP contribution in [-0.2, 0) is 0 Å². The van der Waals surface area contributed by atoms with Crippen molar-refractivity contribution in [1.82, 2.24) is 0 Å². The van der Waals surface area contributed by atoms with Crippen molar-refractivity contribution in [3.63, 3.8) is 0 Å². The molecule has 1 fully saturated rings. The van der Waals surface area contributed by atoms with Crippen LogP contribution in [0.25, 0.3) is 0 Å². The fourth-order valence-corrected chi connectivity index (χ4v) is 1.51. The van der Waals surface area contributed by atoms with Crippen molar-refractivity contribution in [2.24, 2.45) is 11.8 Å². The molecule has 0 aromatic heterocycles. The summed E-state index contributed by atoms with van der Waals surface area (Å²) in [5.74, 6) is -2.35. The number of rotatable bonds is 0. The lowest BCUT2D eigenvalue weighted by Crippen LogP contribution is -2.49. The third-order valence-electron chi connectivity index (χ3n) is 2.62. The van der Waals surface area contributed by atoms with E-state index in [-0.39, 0.29) is 5.48 Å². The van der Waals surface area contributed by atoms with Gasteiger partial charge in [0, 0.05) is 11.8 Å². The molecular formula is C8H14F4O. The summed E-state index contributed by atoms with van der Waals surface area (Å²) in [5.41, 5.74) is 0. The van der Waals surface area contributed by atoms with Gasteiger partial charge in [-0.05, 0) is 0 Å². The molecule has 0 spiro atoms. The molecule has 0 bridgehead atoms. The van der Waals surface area contributed by atoms with Crippen molar-refractivity contribution in [3.05, 3.63) is 0 Å². The van der Waals surface area contributed by atoms with E-state index in [4.69, 9.17) is 0 Å². The summed E-state index contributed by atoms with van der Waals surface area (Å²) in [6, 6.07) is 0. The molecule has 13 heavy (non-hydrogen) atoms. The Kier molecular flexibility index (Phi) is 4.16. The minimum atomic E-state index is -1.87. The van der Waals surface area contributed by atoms with E-state index in [2.05, 4.69) is 0 Å². The Hall–Kier alpha value is -0.320. The Morgan fingerprint density at radius 1 is 0.615 bits per heavy atom. The quantitative estimate of drug-likeness (QED) is 0.536. The van der Waals surface area contributed by atoms with E-state index >= 15 is 0 Å². The lowest BCUT2D eigenvalue weighted by molar-refractivity contribution is -0.0660. The van der Waals surface area contributed by atoms with Crippen LogP contribution in [0.2, 0.25) is 0 Å². The van der Waals surface area contributed by atoms with Crippen LogP contribution in [0, 0.1) is 11.8 Å². The first-order valence-corrected chi connectivity index (χ1v) is 4.03. The highest BCUT2D eigenvalue weighted by molar-refractivity contribution is 4.95. The molecule has 80 valence electrons. The van der Waals surface area contributed by atoms with Crippen LogP contribution in [0.15, 0.2) is 0 Å². The van der Waals surface area contributed by atoms with Crippen molar-refractivity contribution in [3.8, 4) is 0 Å². The molecular weight excluding hydrogens is 188 g/mol. The van der Waals surface area contributed by atoms with Gasteiger partial charge < -0.3 is 5.48 Å². The highest BCUT2D eigenvalue weighted by atomic mass is 19.2. The van der Waals surface area contributed by atoms with Gasteiger partial charge >= 0.3 is 0 Å². The van der Waals surface area contributed by atoms with Gasteiger partial charge in [0.05, 0.1) is 0 Å². The summed E-state index contributed by atoms with van der Waals surface area (Å²) in [5, 5.41) is 0. The predicted octanol–water partition coefficient (Wildman–Crippen LogP) is 1.80. The third-order valence-corrected chi connectivity index (χ3v) is 2.62. The Bertz CT molecular complexity index is 108. The molecule has 1 aliphatic carbocycles. The van der Waals surface area contributed by atoms with Gasteiger partial charge in [-0.3, -0.25) is 0 Å². The molecule has 2 N–H and O–H groups in total. The Labute approximate surface area is 74.4 Å². The maximum absolute atomic E-state index is 12.9. The monoisotopic (exact) mass is 202 g/mol. The maximum atomic E-state index is 12.9. The molecule has 0 amide bonds. The first-order chi connectivity index (χ1) is 5.46. The van der Waals surface area contributed by atoms with Gasteiger partial charge in [0.25, 0.3) is 0 Å². The maximum Gasteiger partial charge on any atom is 0.137 e. The first kappa shape index (κ1) is 12.7. The molecule has 1 aliphatic rings. The number of alkyl halides is 4. The molecule has 0 heterocycles. The van der Waals surface area contributed by atoms with Gasteiger partial charge in [0.15, 0.2) is 0 Å². The summed E-state index contributed by atoms with van der Waals surface area (Å²) < 4.78 is 51.5. The molecule has 1 rings (SSSR count). The van der Waals surface area contributed by atoms with E-state index in [1.54, 1.807) is 0 Å². The van der Waals surface area contributed by atoms with E-state index in [1.807, 2.05) is 0 Å². The number of hydrogen-bond acceptors (Lipinski definition) is 0. The van der Waals surface area contributed by atoms with Crippen LogP contribution in [-0.4, -0.2) is 30.2 Å². The van der Waals surface area contributed by atoms with Crippen LogP contribution in [0.4, 0.5) is 17.6 Å². The van der Waals surface area contributed by atoms with Crippen LogP contribution in [0.1, 0.15) is 13.8 Å². The normalized spacial score (nSPS) is 51.2. The smallest absolute Gasteiger partial charge is 0.137 e. The average Bonchev–Trinajstić information content (AvgIpc) is 2.08. The van der Waals surface area contributed by atoms with E-state index in [1.165, 1.54) is 13.8 Å². The highest BCUT2D eigenvalue weighted by Crippen LogP contribution is 2.37. The fourth-order valence-electron chi connectivity index (χ4n) is 1.51. The summed E-state index contributed by atoms with van der Waals surface area (Å²) >= 11 is 0. The zero-order valence-electron chi connectivity index (χ0n) is 7.48. The molecule has 5 heteroatoms. The van der Waals surface area contributed by atoms with Crippen molar-refractivity contribution in [1.29, 1.82) is 0 Å². The number of hydrogen-bond donors (Lipinski definition) is 0. The summed E-state index contributed by atoms with van der Waals surface area (Å²) in [7, 11) is 0. The lowest BCUT2D eigenvalue weighted by atomic mass is 9.78. The Morgan fingerprint density at radius 2 is 0.769 bits per heavy atom. The van der Waals surface area contributed by atoms with Crippen LogP contribution < -0.4 is 0 Å². The second kappa shape index (κ2) is 4.26. The zero-order chi connectivity index (χ0) is 9.46. The van der Waals surface area contributed by atoms with Crippen LogP contribution in [0.3, 0.4) is 0 Å². The summed E-state index contributed by atoms with van der Waals surface area (Å²) in [6.45, 7) is 2.39. The van der Waals surface area contributed by atoms with Crippen molar-refractivity contribution in [2.75, 3.05) is 0 Å². The van der Waals surface area contributed by atoms with Gasteiger partial charge in [0.2, 0.25) is 0 Å². The second-order valence-electron chi connectivity index (χ2n) is 3.50. The molecule has 1 nitrogen and oxygen atoms in total. The van der Waals surface area contributed by atoms with Gasteiger partial charge in [-0.15, -0.1) is 0 Å². The fraction of sp³-hybridized carbons (Fsp3) is 1.00. The van der Waals surface area contributed by atoms with Gasteiger partial charge in [-0.25, -0.2) is 17.6 Å². The molecule has 0 saturated heterocycles. The molecule has 0 radical (unpaired) electrons. The molecule has 0 aliphatic heterocycles. The highest BCUT2D eigenvalue weighted by Gasteiger charge is 2.48. The average molecular weight is 202 g/mol.